The molecule has 1 aliphatic rings. The van der Waals surface area contributed by atoms with Crippen LogP contribution in [0.4, 0.5) is 0 Å². The van der Waals surface area contributed by atoms with Crippen molar-refractivity contribution in [3.8, 4) is 34.3 Å². The Labute approximate surface area is 208 Å². The molecule has 2 heterocycles. The number of aliphatic carboxylic acids is 1. The van der Waals surface area contributed by atoms with Gasteiger partial charge >= 0.3 is 12.0 Å². The van der Waals surface area contributed by atoms with Crippen molar-refractivity contribution in [1.82, 2.24) is 15.1 Å². The minimum atomic E-state index is -0.744. The van der Waals surface area contributed by atoms with Gasteiger partial charge in [0.2, 0.25) is 0 Å². The summed E-state index contributed by atoms with van der Waals surface area (Å²) in [5.74, 6) is 0.239. The van der Waals surface area contributed by atoms with Crippen LogP contribution in [-0.4, -0.2) is 32.3 Å². The number of hydrogen-bond acceptors (Lipinski definition) is 7. The van der Waals surface area contributed by atoms with Gasteiger partial charge in [0.05, 0.1) is 29.0 Å². The zero-order chi connectivity index (χ0) is 24.9. The van der Waals surface area contributed by atoms with E-state index >= 15 is 0 Å². The normalized spacial score (nSPS) is 17.5. The van der Waals surface area contributed by atoms with E-state index in [1.807, 2.05) is 67.6 Å². The molecule has 2 atom stereocenters. The number of benzene rings is 2. The van der Waals surface area contributed by atoms with Crippen LogP contribution in [0.3, 0.4) is 0 Å². The molecule has 0 saturated heterocycles. The van der Waals surface area contributed by atoms with Crippen molar-refractivity contribution in [1.29, 1.82) is 0 Å². The largest absolute Gasteiger partial charge is 0.490 e. The molecule has 36 heavy (non-hydrogen) atoms. The summed E-state index contributed by atoms with van der Waals surface area (Å²) in [5, 5.41) is 13.4. The fraction of sp³-hybridized carbons (Fsp3) is 0.286. The Balaban J connectivity index is 1.26. The lowest BCUT2D eigenvalue weighted by atomic mass is 9.87. The highest BCUT2D eigenvalue weighted by molar-refractivity contribution is 5.70. The number of hydrogen-bond donors (Lipinski definition) is 1. The third-order valence-electron chi connectivity index (χ3n) is 6.43. The average molecular weight is 486 g/mol. The molecular weight excluding hydrogens is 458 g/mol. The van der Waals surface area contributed by atoms with E-state index in [1.165, 1.54) is 0 Å². The minimum Gasteiger partial charge on any atom is -0.490 e. The molecule has 5 rings (SSSR count). The summed E-state index contributed by atoms with van der Waals surface area (Å²) < 4.78 is 17.6. The van der Waals surface area contributed by atoms with Gasteiger partial charge in [-0.3, -0.25) is 4.79 Å². The number of nitrogens with zero attached hydrogens (tertiary/aromatic N) is 3. The van der Waals surface area contributed by atoms with E-state index in [0.717, 1.165) is 40.9 Å². The van der Waals surface area contributed by atoms with Gasteiger partial charge in [-0.2, -0.15) is 4.98 Å². The number of aromatic nitrogens is 3. The Kier molecular flexibility index (Phi) is 6.93. The predicted molar refractivity (Wildman–Crippen MR) is 132 cm³/mol. The maximum absolute atomic E-state index is 11.3. The van der Waals surface area contributed by atoms with Crippen LogP contribution >= 0.6 is 0 Å². The van der Waals surface area contributed by atoms with Gasteiger partial charge in [-0.05, 0) is 62.9 Å². The molecule has 8 nitrogen and oxygen atoms in total. The van der Waals surface area contributed by atoms with Crippen molar-refractivity contribution in [3.63, 3.8) is 0 Å². The van der Waals surface area contributed by atoms with Crippen LogP contribution < -0.4 is 9.47 Å². The van der Waals surface area contributed by atoms with E-state index in [2.05, 4.69) is 15.1 Å². The first-order valence-corrected chi connectivity index (χ1v) is 12.0. The van der Waals surface area contributed by atoms with Crippen LogP contribution in [0, 0.1) is 12.8 Å². The molecule has 8 heteroatoms. The summed E-state index contributed by atoms with van der Waals surface area (Å²) in [4.78, 5) is 20.1. The number of carbonyl (C=O) groups is 1. The molecule has 0 aliphatic heterocycles. The van der Waals surface area contributed by atoms with Gasteiger partial charge in [0.25, 0.3) is 0 Å². The SMILES string of the molecule is Cc1noc(-c2ccc(OC3CCCC(C(=O)O)C3)cc2)c1COc1nccc(-c2ccccc2)n1. The van der Waals surface area contributed by atoms with Crippen molar-refractivity contribution in [2.45, 2.75) is 45.3 Å². The lowest BCUT2D eigenvalue weighted by Crippen LogP contribution is -2.29. The summed E-state index contributed by atoms with van der Waals surface area (Å²) in [6, 6.07) is 19.5. The second-order valence-corrected chi connectivity index (χ2v) is 8.92. The van der Waals surface area contributed by atoms with E-state index in [4.69, 9.17) is 14.0 Å². The molecule has 2 aromatic heterocycles. The second-order valence-electron chi connectivity index (χ2n) is 8.92. The minimum absolute atomic E-state index is 0.0890. The standard InChI is InChI=1S/C28H27N3O5/c1-18-24(17-34-28-29-15-14-25(30-28)19-6-3-2-4-7-19)26(36-31-18)20-10-12-22(13-11-20)35-23-9-5-8-21(16-23)27(32)33/h2-4,6-7,10-15,21,23H,5,8-9,16-17H2,1H3,(H,32,33). The van der Waals surface area contributed by atoms with E-state index in [-0.39, 0.29) is 24.6 Å². The molecule has 2 aromatic carbocycles. The van der Waals surface area contributed by atoms with Gasteiger partial charge in [0.1, 0.15) is 12.4 Å². The van der Waals surface area contributed by atoms with Crippen LogP contribution in [0.25, 0.3) is 22.6 Å². The van der Waals surface area contributed by atoms with Crippen molar-refractivity contribution in [2.75, 3.05) is 0 Å². The highest BCUT2D eigenvalue weighted by Gasteiger charge is 2.28. The van der Waals surface area contributed by atoms with Gasteiger partial charge < -0.3 is 19.1 Å². The molecule has 0 bridgehead atoms. The second kappa shape index (κ2) is 10.6. The Hall–Kier alpha value is -4.20. The van der Waals surface area contributed by atoms with Gasteiger partial charge in [0, 0.05) is 17.3 Å². The Morgan fingerprint density at radius 1 is 1.06 bits per heavy atom. The first-order valence-electron chi connectivity index (χ1n) is 12.0. The molecular formula is C28H27N3O5. The van der Waals surface area contributed by atoms with E-state index in [9.17, 15) is 9.90 Å². The number of ether oxygens (including phenoxy) is 2. The van der Waals surface area contributed by atoms with Crippen LogP contribution in [0.2, 0.25) is 0 Å². The molecule has 1 saturated carbocycles. The number of rotatable bonds is 8. The quantitative estimate of drug-likeness (QED) is 0.338. The lowest BCUT2D eigenvalue weighted by Gasteiger charge is -2.27. The first-order chi connectivity index (χ1) is 17.6. The third-order valence-corrected chi connectivity index (χ3v) is 6.43. The number of carboxylic acid groups (broad SMARTS) is 1. The molecule has 0 amide bonds. The van der Waals surface area contributed by atoms with Crippen LogP contribution in [-0.2, 0) is 11.4 Å². The highest BCUT2D eigenvalue weighted by Crippen LogP contribution is 2.31. The monoisotopic (exact) mass is 485 g/mol. The summed E-state index contributed by atoms with van der Waals surface area (Å²) in [6.07, 6.45) is 4.56. The third kappa shape index (κ3) is 5.38. The topological polar surface area (TPSA) is 108 Å². The van der Waals surface area contributed by atoms with E-state index in [1.54, 1.807) is 6.20 Å². The molecule has 184 valence electrons. The van der Waals surface area contributed by atoms with Gasteiger partial charge in [-0.15, -0.1) is 0 Å². The van der Waals surface area contributed by atoms with Gasteiger partial charge in [-0.1, -0.05) is 35.5 Å². The molecule has 2 unspecified atom stereocenters. The fourth-order valence-electron chi connectivity index (χ4n) is 4.46. The molecule has 1 N–H and O–H groups in total. The zero-order valence-electron chi connectivity index (χ0n) is 20.0. The van der Waals surface area contributed by atoms with Crippen LogP contribution in [0.1, 0.15) is 36.9 Å². The zero-order valence-corrected chi connectivity index (χ0v) is 20.0. The molecule has 4 aromatic rings. The summed E-state index contributed by atoms with van der Waals surface area (Å²) in [7, 11) is 0. The van der Waals surface area contributed by atoms with Gasteiger partial charge in [0.15, 0.2) is 5.76 Å². The fourth-order valence-corrected chi connectivity index (χ4v) is 4.46. The van der Waals surface area contributed by atoms with Crippen molar-refractivity contribution in [3.05, 3.63) is 78.1 Å². The van der Waals surface area contributed by atoms with E-state index in [0.29, 0.717) is 24.4 Å². The predicted octanol–water partition coefficient (Wildman–Crippen LogP) is 5.71. The average Bonchev–Trinajstić information content (AvgIpc) is 3.29. The Morgan fingerprint density at radius 3 is 2.64 bits per heavy atom. The molecule has 1 fully saturated rings. The Morgan fingerprint density at radius 2 is 1.86 bits per heavy atom. The van der Waals surface area contributed by atoms with Crippen LogP contribution in [0.5, 0.6) is 11.8 Å². The number of carboxylic acids is 1. The van der Waals surface area contributed by atoms with Crippen molar-refractivity contribution < 1.29 is 23.9 Å². The van der Waals surface area contributed by atoms with Crippen molar-refractivity contribution >= 4 is 5.97 Å². The number of aryl methyl sites for hydroxylation is 1. The smallest absolute Gasteiger partial charge is 0.317 e. The van der Waals surface area contributed by atoms with Crippen molar-refractivity contribution in [2.24, 2.45) is 5.92 Å². The maximum atomic E-state index is 11.3. The van der Waals surface area contributed by atoms with E-state index < -0.39 is 5.97 Å². The summed E-state index contributed by atoms with van der Waals surface area (Å²) in [5.41, 5.74) is 4.15. The maximum Gasteiger partial charge on any atom is 0.317 e. The highest BCUT2D eigenvalue weighted by atomic mass is 16.5. The molecule has 0 radical (unpaired) electrons. The molecule has 1 aliphatic carbocycles. The summed E-state index contributed by atoms with van der Waals surface area (Å²) >= 11 is 0. The van der Waals surface area contributed by atoms with Crippen LogP contribution in [0.15, 0.2) is 71.4 Å². The van der Waals surface area contributed by atoms with Gasteiger partial charge in [-0.25, -0.2) is 4.98 Å². The first kappa shape index (κ1) is 23.5. The molecule has 0 spiro atoms. The lowest BCUT2D eigenvalue weighted by molar-refractivity contribution is -0.143. The Bertz CT molecular complexity index is 1320. The summed E-state index contributed by atoms with van der Waals surface area (Å²) in [6.45, 7) is 2.08.